The van der Waals surface area contributed by atoms with Gasteiger partial charge >= 0.3 is 6.18 Å². The third-order valence-corrected chi connectivity index (χ3v) is 7.97. The SMILES string of the molecule is C=C[C@@H]1C[C@@H](C(=O)NCc2cc(OC)nc(-c3cnc(C(F)(F)F)nc3)c2)N(S(=O)(=O)c2ccc(F)cc2)C1. The number of hydrogen-bond acceptors (Lipinski definition) is 7. The van der Waals surface area contributed by atoms with Crippen LogP contribution in [0.3, 0.4) is 0 Å². The molecule has 3 aromatic rings. The van der Waals surface area contributed by atoms with Crippen molar-refractivity contribution < 1.29 is 35.5 Å². The Morgan fingerprint density at radius 1 is 1.21 bits per heavy atom. The highest BCUT2D eigenvalue weighted by atomic mass is 32.2. The molecule has 206 valence electrons. The van der Waals surface area contributed by atoms with E-state index >= 15 is 0 Å². The van der Waals surface area contributed by atoms with Gasteiger partial charge in [0.25, 0.3) is 0 Å². The van der Waals surface area contributed by atoms with Crippen LogP contribution in [0.1, 0.15) is 17.8 Å². The molecule has 9 nitrogen and oxygen atoms in total. The average Bonchev–Trinajstić information content (AvgIpc) is 3.37. The Morgan fingerprint density at radius 3 is 2.46 bits per heavy atom. The molecule has 1 N–H and O–H groups in total. The molecule has 0 bridgehead atoms. The maximum Gasteiger partial charge on any atom is 0.451 e. The van der Waals surface area contributed by atoms with Crippen LogP contribution in [0.5, 0.6) is 5.88 Å². The van der Waals surface area contributed by atoms with E-state index in [0.29, 0.717) is 5.56 Å². The van der Waals surface area contributed by atoms with Crippen LogP contribution in [0.15, 0.2) is 66.3 Å². The summed E-state index contributed by atoms with van der Waals surface area (Å²) in [6.07, 6.45) is -0.965. The molecule has 1 aliphatic heterocycles. The zero-order valence-corrected chi connectivity index (χ0v) is 21.3. The number of nitrogens with zero attached hydrogens (tertiary/aromatic N) is 4. The molecule has 0 spiro atoms. The molecule has 1 fully saturated rings. The molecule has 3 heterocycles. The normalized spacial score (nSPS) is 18.1. The minimum atomic E-state index is -4.70. The van der Waals surface area contributed by atoms with Gasteiger partial charge in [-0.2, -0.15) is 17.5 Å². The molecule has 0 saturated carbocycles. The quantitative estimate of drug-likeness (QED) is 0.328. The molecule has 1 amide bonds. The van der Waals surface area contributed by atoms with Gasteiger partial charge in [-0.1, -0.05) is 6.08 Å². The second-order valence-corrected chi connectivity index (χ2v) is 10.6. The Labute approximate surface area is 221 Å². The molecule has 0 aliphatic carbocycles. The van der Waals surface area contributed by atoms with Crippen molar-refractivity contribution in [1.82, 2.24) is 24.6 Å². The van der Waals surface area contributed by atoms with Gasteiger partial charge < -0.3 is 10.1 Å². The first-order chi connectivity index (χ1) is 18.4. The van der Waals surface area contributed by atoms with Crippen molar-refractivity contribution in [3.05, 3.63) is 78.7 Å². The van der Waals surface area contributed by atoms with Gasteiger partial charge in [0, 0.05) is 37.1 Å². The molecule has 0 radical (unpaired) electrons. The molecule has 4 rings (SSSR count). The first-order valence-electron chi connectivity index (χ1n) is 11.5. The molecule has 14 heteroatoms. The highest BCUT2D eigenvalue weighted by Gasteiger charge is 2.43. The number of carbonyl (C=O) groups is 1. The Hall–Kier alpha value is -3.91. The Balaban J connectivity index is 1.54. The summed E-state index contributed by atoms with van der Waals surface area (Å²) in [6, 6.07) is 6.31. The fourth-order valence-corrected chi connectivity index (χ4v) is 5.74. The summed E-state index contributed by atoms with van der Waals surface area (Å²) >= 11 is 0. The monoisotopic (exact) mass is 565 g/mol. The Bertz CT molecular complexity index is 1470. The number of pyridine rings is 1. The number of benzene rings is 1. The van der Waals surface area contributed by atoms with E-state index < -0.39 is 39.8 Å². The summed E-state index contributed by atoms with van der Waals surface area (Å²) in [5, 5.41) is 2.70. The van der Waals surface area contributed by atoms with Crippen molar-refractivity contribution in [3.8, 4) is 17.1 Å². The second-order valence-electron chi connectivity index (χ2n) is 8.69. The summed E-state index contributed by atoms with van der Waals surface area (Å²) in [7, 11) is -2.76. The molecule has 2 aromatic heterocycles. The van der Waals surface area contributed by atoms with E-state index in [-0.39, 0.29) is 47.5 Å². The predicted octanol–water partition coefficient (Wildman–Crippen LogP) is 3.59. The number of carbonyl (C=O) groups excluding carboxylic acids is 1. The maximum absolute atomic E-state index is 13.3. The van der Waals surface area contributed by atoms with E-state index in [1.54, 1.807) is 6.08 Å². The summed E-state index contributed by atoms with van der Waals surface area (Å²) in [5.41, 5.74) is 0.882. The first-order valence-corrected chi connectivity index (χ1v) is 13.0. The lowest BCUT2D eigenvalue weighted by molar-refractivity contribution is -0.145. The standard InChI is InChI=1S/C25H23F4N5O4S/c1-3-15-9-21(34(14-15)39(36,37)19-6-4-18(26)5-7-19)23(35)30-11-16-8-20(33-22(10-16)38-2)17-12-31-24(32-13-17)25(27,28)29/h3-8,10,12-13,15,21H,1,9,11,14H2,2H3,(H,30,35)/t15-,21+/m1/s1. The molecular weight excluding hydrogens is 542 g/mol. The summed E-state index contributed by atoms with van der Waals surface area (Å²) in [6.45, 7) is 3.68. The molecular formula is C25H23F4N5O4S. The lowest BCUT2D eigenvalue weighted by atomic mass is 10.1. The highest BCUT2D eigenvalue weighted by molar-refractivity contribution is 7.89. The van der Waals surface area contributed by atoms with E-state index in [9.17, 15) is 30.8 Å². The van der Waals surface area contributed by atoms with Crippen LogP contribution in [0.2, 0.25) is 0 Å². The Morgan fingerprint density at radius 2 is 1.87 bits per heavy atom. The first kappa shape index (κ1) is 28.1. The number of rotatable bonds is 8. The molecule has 1 saturated heterocycles. The van der Waals surface area contributed by atoms with Crippen molar-refractivity contribution in [3.63, 3.8) is 0 Å². The lowest BCUT2D eigenvalue weighted by Crippen LogP contribution is -2.45. The van der Waals surface area contributed by atoms with Crippen molar-refractivity contribution in [2.45, 2.75) is 30.1 Å². The maximum atomic E-state index is 13.3. The zero-order valence-electron chi connectivity index (χ0n) is 20.5. The zero-order chi connectivity index (χ0) is 28.4. The number of aromatic nitrogens is 3. The number of nitrogens with one attached hydrogen (secondary N) is 1. The van der Waals surface area contributed by atoms with Gasteiger partial charge in [-0.25, -0.2) is 27.8 Å². The molecule has 2 atom stereocenters. The third kappa shape index (κ3) is 6.23. The fourth-order valence-electron chi connectivity index (χ4n) is 4.08. The number of ether oxygens (including phenoxy) is 1. The van der Waals surface area contributed by atoms with Gasteiger partial charge in [-0.15, -0.1) is 6.58 Å². The number of hydrogen-bond donors (Lipinski definition) is 1. The third-order valence-electron chi connectivity index (χ3n) is 6.08. The van der Waals surface area contributed by atoms with Gasteiger partial charge in [-0.05, 0) is 48.2 Å². The summed E-state index contributed by atoms with van der Waals surface area (Å²) < 4.78 is 84.5. The van der Waals surface area contributed by atoms with Gasteiger partial charge in [0.2, 0.25) is 27.6 Å². The molecule has 0 unspecified atom stereocenters. The van der Waals surface area contributed by atoms with E-state index in [0.717, 1.165) is 41.0 Å². The highest BCUT2D eigenvalue weighted by Crippen LogP contribution is 2.31. The largest absolute Gasteiger partial charge is 0.481 e. The van der Waals surface area contributed by atoms with Gasteiger partial charge in [-0.3, -0.25) is 4.79 Å². The van der Waals surface area contributed by atoms with Crippen molar-refractivity contribution >= 4 is 15.9 Å². The fraction of sp³-hybridized carbons (Fsp3) is 0.280. The van der Waals surface area contributed by atoms with E-state index in [1.165, 1.54) is 19.2 Å². The van der Waals surface area contributed by atoms with Gasteiger partial charge in [0.1, 0.15) is 11.9 Å². The molecule has 1 aliphatic rings. The van der Waals surface area contributed by atoms with Crippen molar-refractivity contribution in [2.75, 3.05) is 13.7 Å². The van der Waals surface area contributed by atoms with Crippen LogP contribution in [0.4, 0.5) is 17.6 Å². The molecule has 1 aromatic carbocycles. The van der Waals surface area contributed by atoms with Crippen LogP contribution in [-0.4, -0.2) is 53.3 Å². The number of sulfonamides is 1. The molecule has 39 heavy (non-hydrogen) atoms. The van der Waals surface area contributed by atoms with Crippen LogP contribution >= 0.6 is 0 Å². The van der Waals surface area contributed by atoms with Crippen molar-refractivity contribution in [1.29, 1.82) is 0 Å². The van der Waals surface area contributed by atoms with Gasteiger partial charge in [0.15, 0.2) is 0 Å². The van der Waals surface area contributed by atoms with Gasteiger partial charge in [0.05, 0.1) is 17.7 Å². The van der Waals surface area contributed by atoms with Crippen molar-refractivity contribution in [2.24, 2.45) is 5.92 Å². The topological polar surface area (TPSA) is 114 Å². The Kier molecular flexibility index (Phi) is 7.97. The van der Waals surface area contributed by atoms with Crippen LogP contribution in [0.25, 0.3) is 11.3 Å². The van der Waals surface area contributed by atoms with E-state index in [1.807, 2.05) is 0 Å². The lowest BCUT2D eigenvalue weighted by Gasteiger charge is -2.23. The second kappa shape index (κ2) is 11.1. The smallest absolute Gasteiger partial charge is 0.451 e. The van der Waals surface area contributed by atoms with Crippen LogP contribution in [-0.2, 0) is 27.5 Å². The summed E-state index contributed by atoms with van der Waals surface area (Å²) in [4.78, 5) is 23.9. The predicted molar refractivity (Wildman–Crippen MR) is 131 cm³/mol. The van der Waals surface area contributed by atoms with E-state index in [2.05, 4.69) is 26.8 Å². The van der Waals surface area contributed by atoms with E-state index in [4.69, 9.17) is 4.74 Å². The summed E-state index contributed by atoms with van der Waals surface area (Å²) in [5.74, 6) is -2.60. The average molecular weight is 566 g/mol. The number of alkyl halides is 3. The van der Waals surface area contributed by atoms with Crippen LogP contribution in [0, 0.1) is 11.7 Å². The van der Waals surface area contributed by atoms with Crippen LogP contribution < -0.4 is 10.1 Å². The minimum Gasteiger partial charge on any atom is -0.481 e. The number of halogens is 4. The minimum absolute atomic E-state index is 0.0302. The number of methoxy groups -OCH3 is 1. The number of amides is 1.